The minimum atomic E-state index is -4.40. The minimum Gasteiger partial charge on any atom is -0.490 e. The maximum atomic E-state index is 14.3. The highest BCUT2D eigenvalue weighted by Gasteiger charge is 2.32. The molecule has 12 heteroatoms. The second-order valence-corrected chi connectivity index (χ2v) is 12.8. The van der Waals surface area contributed by atoms with E-state index >= 15 is 0 Å². The second-order valence-electron chi connectivity index (χ2n) is 12.8. The molecule has 3 aromatic rings. The van der Waals surface area contributed by atoms with Crippen LogP contribution in [-0.2, 0) is 17.5 Å². The Balaban J connectivity index is 1.56. The zero-order valence-corrected chi connectivity index (χ0v) is 28.5. The Hall–Kier alpha value is -4.13. The number of nitrogens with zero attached hydrogens (tertiary/aromatic N) is 2. The predicted octanol–water partition coefficient (Wildman–Crippen LogP) is 7.28. The molecular formula is C37H47F3N4O5. The molecule has 0 saturated heterocycles. The molecule has 3 aromatic carbocycles. The molecule has 1 heterocycles. The highest BCUT2D eigenvalue weighted by molar-refractivity contribution is 6.02. The number of benzene rings is 3. The molecule has 4 rings (SSSR count). The van der Waals surface area contributed by atoms with Crippen molar-refractivity contribution in [2.75, 3.05) is 44.0 Å². The number of nitrogens with one attached hydrogen (secondary N) is 2. The van der Waals surface area contributed by atoms with Crippen molar-refractivity contribution in [2.45, 2.75) is 71.0 Å². The van der Waals surface area contributed by atoms with Crippen LogP contribution >= 0.6 is 0 Å². The largest absolute Gasteiger partial charge is 0.490 e. The third kappa shape index (κ3) is 11.2. The number of anilines is 2. The lowest BCUT2D eigenvalue weighted by atomic mass is 10.0. The summed E-state index contributed by atoms with van der Waals surface area (Å²) in [6, 6.07) is 18.1. The molecular weight excluding hydrogens is 637 g/mol. The van der Waals surface area contributed by atoms with Gasteiger partial charge in [0.25, 0.3) is 5.91 Å². The van der Waals surface area contributed by atoms with Gasteiger partial charge >= 0.3 is 12.2 Å². The van der Waals surface area contributed by atoms with Gasteiger partial charge in [-0.2, -0.15) is 13.2 Å². The molecule has 3 amide bonds. The Morgan fingerprint density at radius 1 is 1.02 bits per heavy atom. The van der Waals surface area contributed by atoms with Crippen LogP contribution < -0.4 is 15.4 Å². The molecule has 0 radical (unpaired) electrons. The van der Waals surface area contributed by atoms with Crippen molar-refractivity contribution < 1.29 is 37.3 Å². The van der Waals surface area contributed by atoms with Crippen molar-refractivity contribution in [3.05, 3.63) is 89.5 Å². The van der Waals surface area contributed by atoms with Gasteiger partial charge in [0.05, 0.1) is 36.0 Å². The van der Waals surface area contributed by atoms with E-state index in [1.165, 1.54) is 12.1 Å². The average molecular weight is 685 g/mol. The zero-order chi connectivity index (χ0) is 35.6. The van der Waals surface area contributed by atoms with Gasteiger partial charge < -0.3 is 30.1 Å². The Morgan fingerprint density at radius 3 is 2.39 bits per heavy atom. The number of amides is 3. The maximum absolute atomic E-state index is 14.3. The quantitative estimate of drug-likeness (QED) is 0.231. The van der Waals surface area contributed by atoms with Gasteiger partial charge in [0.15, 0.2) is 0 Å². The number of rotatable bonds is 8. The van der Waals surface area contributed by atoms with E-state index in [0.717, 1.165) is 37.0 Å². The van der Waals surface area contributed by atoms with Crippen molar-refractivity contribution in [3.8, 4) is 5.75 Å². The summed E-state index contributed by atoms with van der Waals surface area (Å²) in [5.74, 6) is -0.163. The van der Waals surface area contributed by atoms with E-state index < -0.39 is 23.8 Å². The van der Waals surface area contributed by atoms with Crippen LogP contribution in [0.4, 0.5) is 29.3 Å². The number of halogens is 3. The van der Waals surface area contributed by atoms with E-state index in [0.29, 0.717) is 36.8 Å². The number of carbonyl (C=O) groups excluding carboxylic acids is 2. The number of hydrogen-bond acceptors (Lipinski definition) is 6. The minimum absolute atomic E-state index is 0.183. The molecule has 0 unspecified atom stereocenters. The van der Waals surface area contributed by atoms with Crippen molar-refractivity contribution in [2.24, 2.45) is 5.92 Å². The fourth-order valence-electron chi connectivity index (χ4n) is 5.76. The number of hydrogen-bond donors (Lipinski definition) is 3. The van der Waals surface area contributed by atoms with Crippen LogP contribution in [0, 0.1) is 5.92 Å². The summed E-state index contributed by atoms with van der Waals surface area (Å²) in [7, 11) is 1.89. The number of urea groups is 1. The standard InChI is InChI=1S/C37H47F3N4O5/c1-25-21-44(26(2)24-45)35(46)32-20-31(42-36(47)41-30-11-6-5-7-12-30)17-18-33(32)49-27(3)10-8-9-19-48-34(25)23-43(4)22-28-13-15-29(16-14-28)37(38,39)40/h5-7,11-18,20,25-27,34,45H,8-10,19,21-24H2,1-4H3,(H2,41,42,47)/t25-,26-,27+,34-/m0/s1. The summed E-state index contributed by atoms with van der Waals surface area (Å²) in [6.07, 6.45) is -2.56. The van der Waals surface area contributed by atoms with Gasteiger partial charge in [0.1, 0.15) is 5.75 Å². The van der Waals surface area contributed by atoms with E-state index in [-0.39, 0.29) is 42.7 Å². The number of fused-ring (bicyclic) bond motifs is 1. The van der Waals surface area contributed by atoms with Gasteiger partial charge in [-0.15, -0.1) is 0 Å². The molecule has 0 aromatic heterocycles. The first-order valence-corrected chi connectivity index (χ1v) is 16.7. The molecule has 0 fully saturated rings. The van der Waals surface area contributed by atoms with Crippen LogP contribution in [0.25, 0.3) is 0 Å². The molecule has 1 aliphatic rings. The summed E-state index contributed by atoms with van der Waals surface area (Å²) in [5.41, 5.74) is 1.32. The Labute approximate surface area is 286 Å². The predicted molar refractivity (Wildman–Crippen MR) is 184 cm³/mol. The third-order valence-corrected chi connectivity index (χ3v) is 8.57. The fourth-order valence-corrected chi connectivity index (χ4v) is 5.76. The van der Waals surface area contributed by atoms with E-state index in [9.17, 15) is 27.9 Å². The van der Waals surface area contributed by atoms with Gasteiger partial charge in [0, 0.05) is 43.5 Å². The molecule has 4 atom stereocenters. The van der Waals surface area contributed by atoms with E-state index in [2.05, 4.69) is 10.6 Å². The van der Waals surface area contributed by atoms with Crippen LogP contribution in [0.1, 0.15) is 61.5 Å². The normalized spacial score (nSPS) is 20.1. The van der Waals surface area contributed by atoms with E-state index in [4.69, 9.17) is 9.47 Å². The summed E-state index contributed by atoms with van der Waals surface area (Å²) in [4.78, 5) is 30.7. The first-order chi connectivity index (χ1) is 23.3. The highest BCUT2D eigenvalue weighted by Crippen LogP contribution is 2.30. The number of likely N-dealkylation sites (N-methyl/N-ethyl adjacent to an activating group) is 1. The van der Waals surface area contributed by atoms with E-state index in [1.54, 1.807) is 42.2 Å². The number of carbonyl (C=O) groups is 2. The van der Waals surface area contributed by atoms with E-state index in [1.807, 2.05) is 44.0 Å². The monoisotopic (exact) mass is 684 g/mol. The Kier molecular flexibility index (Phi) is 13.5. The SMILES string of the molecule is C[C@@H]1CCCCO[C@@H](CN(C)Cc2ccc(C(F)(F)F)cc2)[C@@H](C)CN([C@@H](C)CO)C(=O)c2cc(NC(=O)Nc3ccccc3)ccc2O1. The summed E-state index contributed by atoms with van der Waals surface area (Å²) >= 11 is 0. The Morgan fingerprint density at radius 2 is 1.71 bits per heavy atom. The van der Waals surface area contributed by atoms with Crippen LogP contribution in [0.5, 0.6) is 5.75 Å². The lowest BCUT2D eigenvalue weighted by Crippen LogP contribution is -2.47. The van der Waals surface area contributed by atoms with Gasteiger partial charge in [-0.05, 0) is 88.2 Å². The van der Waals surface area contributed by atoms with Crippen molar-refractivity contribution in [3.63, 3.8) is 0 Å². The molecule has 9 nitrogen and oxygen atoms in total. The number of aliphatic hydroxyl groups excluding tert-OH is 1. The Bertz CT molecular complexity index is 1510. The fraction of sp³-hybridized carbons (Fsp3) is 0.459. The number of ether oxygens (including phenoxy) is 2. The topological polar surface area (TPSA) is 103 Å². The van der Waals surface area contributed by atoms with Crippen LogP contribution in [-0.4, -0.2) is 78.4 Å². The molecule has 0 saturated carbocycles. The summed E-state index contributed by atoms with van der Waals surface area (Å²) in [6.45, 7) is 7.04. The molecule has 266 valence electrons. The van der Waals surface area contributed by atoms with Gasteiger partial charge in [-0.3, -0.25) is 9.69 Å². The van der Waals surface area contributed by atoms with Crippen LogP contribution in [0.15, 0.2) is 72.8 Å². The number of alkyl halides is 3. The van der Waals surface area contributed by atoms with Crippen molar-refractivity contribution >= 4 is 23.3 Å². The highest BCUT2D eigenvalue weighted by atomic mass is 19.4. The van der Waals surface area contributed by atoms with Crippen molar-refractivity contribution in [1.29, 1.82) is 0 Å². The summed E-state index contributed by atoms with van der Waals surface area (Å²) in [5, 5.41) is 15.8. The molecule has 1 aliphatic heterocycles. The number of para-hydroxylation sites is 1. The first kappa shape index (κ1) is 37.7. The van der Waals surface area contributed by atoms with Gasteiger partial charge in [0.2, 0.25) is 0 Å². The second kappa shape index (κ2) is 17.5. The molecule has 0 bridgehead atoms. The molecule has 0 aliphatic carbocycles. The first-order valence-electron chi connectivity index (χ1n) is 16.7. The molecule has 3 N–H and O–H groups in total. The molecule has 0 spiro atoms. The lowest BCUT2D eigenvalue weighted by Gasteiger charge is -2.36. The van der Waals surface area contributed by atoms with Crippen molar-refractivity contribution in [1.82, 2.24) is 9.80 Å². The van der Waals surface area contributed by atoms with Crippen LogP contribution in [0.2, 0.25) is 0 Å². The number of aliphatic hydroxyl groups is 1. The maximum Gasteiger partial charge on any atom is 0.416 e. The van der Waals surface area contributed by atoms with Crippen LogP contribution in [0.3, 0.4) is 0 Å². The molecule has 49 heavy (non-hydrogen) atoms. The van der Waals surface area contributed by atoms with Gasteiger partial charge in [-0.25, -0.2) is 4.79 Å². The lowest BCUT2D eigenvalue weighted by molar-refractivity contribution is -0.137. The third-order valence-electron chi connectivity index (χ3n) is 8.57. The zero-order valence-electron chi connectivity index (χ0n) is 28.5. The average Bonchev–Trinajstić information content (AvgIpc) is 3.06. The smallest absolute Gasteiger partial charge is 0.416 e. The van der Waals surface area contributed by atoms with Gasteiger partial charge in [-0.1, -0.05) is 37.3 Å². The summed E-state index contributed by atoms with van der Waals surface area (Å²) < 4.78 is 51.8.